The maximum absolute atomic E-state index is 9.76. The number of aliphatic hydroxyl groups is 1. The Kier molecular flexibility index (Phi) is 5.28. The van der Waals surface area contributed by atoms with Gasteiger partial charge in [-0.2, -0.15) is 0 Å². The Balaban J connectivity index is 1.50. The fourth-order valence-corrected chi connectivity index (χ4v) is 3.73. The van der Waals surface area contributed by atoms with Gasteiger partial charge in [-0.1, -0.05) is 43.2 Å². The van der Waals surface area contributed by atoms with Gasteiger partial charge in [0.1, 0.15) is 0 Å². The second-order valence-electron chi connectivity index (χ2n) is 6.43. The van der Waals surface area contributed by atoms with Crippen LogP contribution < -0.4 is 0 Å². The predicted octanol–water partition coefficient (Wildman–Crippen LogP) is 2.62. The number of β-amino-alcohol motifs (C(OH)–C–C–N with tert-alkyl or cyclic N) is 1. The van der Waals surface area contributed by atoms with Gasteiger partial charge in [0.25, 0.3) is 0 Å². The summed E-state index contributed by atoms with van der Waals surface area (Å²) in [5, 5.41) is 9.76. The molecule has 0 spiro atoms. The third-order valence-electron chi connectivity index (χ3n) is 4.90. The Bertz CT molecular complexity index is 422. The zero-order valence-corrected chi connectivity index (χ0v) is 12.8. The van der Waals surface area contributed by atoms with E-state index in [1.54, 1.807) is 0 Å². The van der Waals surface area contributed by atoms with Crippen LogP contribution in [0.25, 0.3) is 0 Å². The number of benzene rings is 1. The predicted molar refractivity (Wildman–Crippen MR) is 84.3 cm³/mol. The summed E-state index contributed by atoms with van der Waals surface area (Å²) in [6.07, 6.45) is 7.12. The molecule has 0 unspecified atom stereocenters. The molecule has 0 bridgehead atoms. The number of hydrogen-bond acceptors (Lipinski definition) is 3. The average Bonchev–Trinajstić information content (AvgIpc) is 2.95. The first kappa shape index (κ1) is 15.0. The van der Waals surface area contributed by atoms with Crippen LogP contribution in [0.4, 0.5) is 0 Å². The van der Waals surface area contributed by atoms with Crippen molar-refractivity contribution in [2.45, 2.75) is 56.8 Å². The second-order valence-corrected chi connectivity index (χ2v) is 6.43. The molecule has 2 fully saturated rings. The Morgan fingerprint density at radius 2 is 1.90 bits per heavy atom. The third kappa shape index (κ3) is 4.06. The lowest BCUT2D eigenvalue weighted by Gasteiger charge is -2.37. The van der Waals surface area contributed by atoms with Gasteiger partial charge in [-0.05, 0) is 31.2 Å². The Morgan fingerprint density at radius 1 is 1.10 bits per heavy atom. The van der Waals surface area contributed by atoms with E-state index < -0.39 is 0 Å². The Morgan fingerprint density at radius 3 is 2.67 bits per heavy atom. The normalized spacial score (nSPS) is 30.6. The van der Waals surface area contributed by atoms with Crippen LogP contribution in [0.3, 0.4) is 0 Å². The third-order valence-corrected chi connectivity index (χ3v) is 4.90. The van der Waals surface area contributed by atoms with E-state index in [9.17, 15) is 5.11 Å². The fourth-order valence-electron chi connectivity index (χ4n) is 3.73. The summed E-state index contributed by atoms with van der Waals surface area (Å²) in [6, 6.07) is 11.1. The highest BCUT2D eigenvalue weighted by Gasteiger charge is 2.34. The summed E-state index contributed by atoms with van der Waals surface area (Å²) in [7, 11) is 0. The molecular weight excluding hydrogens is 262 g/mol. The largest absolute Gasteiger partial charge is 0.392 e. The van der Waals surface area contributed by atoms with E-state index >= 15 is 0 Å². The molecule has 3 nitrogen and oxygen atoms in total. The van der Waals surface area contributed by atoms with Crippen molar-refractivity contribution in [2.24, 2.45) is 0 Å². The first-order chi connectivity index (χ1) is 10.3. The molecule has 1 aliphatic heterocycles. The van der Waals surface area contributed by atoms with Crippen LogP contribution >= 0.6 is 0 Å². The second kappa shape index (κ2) is 7.39. The fraction of sp³-hybridized carbons (Fsp3) is 0.667. The minimum absolute atomic E-state index is 0.128. The van der Waals surface area contributed by atoms with Gasteiger partial charge in [0.15, 0.2) is 0 Å². The van der Waals surface area contributed by atoms with Gasteiger partial charge in [-0.3, -0.25) is 4.90 Å². The first-order valence-corrected chi connectivity index (χ1v) is 8.40. The highest BCUT2D eigenvalue weighted by molar-refractivity contribution is 5.14. The quantitative estimate of drug-likeness (QED) is 0.904. The number of likely N-dealkylation sites (tertiary alicyclic amines) is 1. The molecule has 3 heteroatoms. The van der Waals surface area contributed by atoms with Gasteiger partial charge < -0.3 is 9.84 Å². The van der Waals surface area contributed by atoms with Crippen molar-refractivity contribution in [1.82, 2.24) is 4.90 Å². The maximum Gasteiger partial charge on any atom is 0.0730 e. The molecule has 0 aromatic heterocycles. The number of nitrogens with zero attached hydrogens (tertiary/aromatic N) is 1. The minimum Gasteiger partial charge on any atom is -0.392 e. The molecule has 1 aromatic rings. The molecular formula is C18H27NO2. The maximum atomic E-state index is 9.76. The molecule has 21 heavy (non-hydrogen) atoms. The van der Waals surface area contributed by atoms with Gasteiger partial charge in [0.05, 0.1) is 18.8 Å². The molecule has 1 saturated carbocycles. The molecule has 3 rings (SSSR count). The molecule has 2 aliphatic rings. The highest BCUT2D eigenvalue weighted by Crippen LogP contribution is 2.28. The van der Waals surface area contributed by atoms with Gasteiger partial charge >= 0.3 is 0 Å². The number of hydrogen-bond donors (Lipinski definition) is 1. The molecule has 3 atom stereocenters. The van der Waals surface area contributed by atoms with Crippen LogP contribution in [0.5, 0.6) is 0 Å². The van der Waals surface area contributed by atoms with E-state index in [-0.39, 0.29) is 6.10 Å². The van der Waals surface area contributed by atoms with Crippen molar-refractivity contribution >= 4 is 0 Å². The average molecular weight is 289 g/mol. The Labute approximate surface area is 127 Å². The summed E-state index contributed by atoms with van der Waals surface area (Å²) < 4.78 is 6.22. The zero-order chi connectivity index (χ0) is 14.5. The minimum atomic E-state index is -0.128. The van der Waals surface area contributed by atoms with E-state index in [1.807, 2.05) is 0 Å². The SMILES string of the molecule is O[C@H]1CCN([C@@H]2CCCC[C@@H]2OCCc2ccccc2)C1. The topological polar surface area (TPSA) is 32.7 Å². The smallest absolute Gasteiger partial charge is 0.0730 e. The van der Waals surface area contributed by atoms with Crippen molar-refractivity contribution in [3.8, 4) is 0 Å². The lowest BCUT2D eigenvalue weighted by Crippen LogP contribution is -2.46. The first-order valence-electron chi connectivity index (χ1n) is 8.40. The van der Waals surface area contributed by atoms with Crippen LogP contribution in [0.15, 0.2) is 30.3 Å². The van der Waals surface area contributed by atoms with Crippen molar-refractivity contribution in [3.05, 3.63) is 35.9 Å². The van der Waals surface area contributed by atoms with Gasteiger partial charge in [0.2, 0.25) is 0 Å². The lowest BCUT2D eigenvalue weighted by molar-refractivity contribution is -0.0316. The summed E-state index contributed by atoms with van der Waals surface area (Å²) in [6.45, 7) is 2.68. The molecule has 0 amide bonds. The van der Waals surface area contributed by atoms with Crippen LogP contribution in [0, 0.1) is 0 Å². The van der Waals surface area contributed by atoms with Crippen LogP contribution in [-0.4, -0.2) is 48.0 Å². The monoisotopic (exact) mass is 289 g/mol. The Hall–Kier alpha value is -0.900. The molecule has 1 heterocycles. The van der Waals surface area contributed by atoms with Crippen molar-refractivity contribution < 1.29 is 9.84 Å². The van der Waals surface area contributed by atoms with Gasteiger partial charge in [-0.25, -0.2) is 0 Å². The summed E-state index contributed by atoms with van der Waals surface area (Å²) >= 11 is 0. The van der Waals surface area contributed by atoms with Crippen molar-refractivity contribution in [3.63, 3.8) is 0 Å². The summed E-state index contributed by atoms with van der Waals surface area (Å²) in [5.41, 5.74) is 1.35. The lowest BCUT2D eigenvalue weighted by atomic mass is 9.91. The molecule has 0 radical (unpaired) electrons. The summed E-state index contributed by atoms with van der Waals surface area (Å²) in [5.74, 6) is 0. The van der Waals surface area contributed by atoms with Crippen molar-refractivity contribution in [2.75, 3.05) is 19.7 Å². The molecule has 1 saturated heterocycles. The van der Waals surface area contributed by atoms with E-state index in [1.165, 1.54) is 31.2 Å². The van der Waals surface area contributed by atoms with E-state index in [4.69, 9.17) is 4.74 Å². The van der Waals surface area contributed by atoms with Crippen molar-refractivity contribution in [1.29, 1.82) is 0 Å². The molecule has 1 aliphatic carbocycles. The van der Waals surface area contributed by atoms with E-state index in [0.717, 1.165) is 32.5 Å². The molecule has 1 aromatic carbocycles. The summed E-state index contributed by atoms with van der Waals surface area (Å²) in [4.78, 5) is 2.46. The van der Waals surface area contributed by atoms with Crippen LogP contribution in [-0.2, 0) is 11.2 Å². The van der Waals surface area contributed by atoms with Gasteiger partial charge in [-0.15, -0.1) is 0 Å². The standard InChI is InChI=1S/C18H27NO2/c20-16-10-12-19(14-16)17-8-4-5-9-18(17)21-13-11-15-6-2-1-3-7-15/h1-3,6-7,16-18,20H,4-5,8-14H2/t16-,17+,18-/m0/s1. The molecule has 1 N–H and O–H groups in total. The zero-order valence-electron chi connectivity index (χ0n) is 12.8. The molecule has 116 valence electrons. The number of aliphatic hydroxyl groups excluding tert-OH is 1. The number of ether oxygens (including phenoxy) is 1. The van der Waals surface area contributed by atoms with E-state index in [0.29, 0.717) is 12.1 Å². The van der Waals surface area contributed by atoms with Crippen LogP contribution in [0.2, 0.25) is 0 Å². The highest BCUT2D eigenvalue weighted by atomic mass is 16.5. The number of rotatable bonds is 5. The van der Waals surface area contributed by atoms with Crippen LogP contribution in [0.1, 0.15) is 37.7 Å². The van der Waals surface area contributed by atoms with Gasteiger partial charge in [0, 0.05) is 19.1 Å². The van der Waals surface area contributed by atoms with E-state index in [2.05, 4.69) is 35.2 Å².